The summed E-state index contributed by atoms with van der Waals surface area (Å²) in [6.07, 6.45) is 29.5. The van der Waals surface area contributed by atoms with Gasteiger partial charge < -0.3 is 57.8 Å². The number of ether oxygens (including phenoxy) is 6. The fourth-order valence-electron chi connectivity index (χ4n) is 8.06. The van der Waals surface area contributed by atoms with Crippen molar-refractivity contribution in [1.82, 2.24) is 29.4 Å². The monoisotopic (exact) mass is 1660 g/mol. The normalized spacial score (nSPS) is 30.8. The minimum Gasteiger partial charge on any atom is -0.434 e. The van der Waals surface area contributed by atoms with Crippen LogP contribution in [0.4, 0.5) is 0 Å². The van der Waals surface area contributed by atoms with Crippen LogP contribution in [0, 0.1) is 0 Å². The van der Waals surface area contributed by atoms with Gasteiger partial charge in [0.25, 0.3) is 21.6 Å². The van der Waals surface area contributed by atoms with E-state index in [1.165, 1.54) is 0 Å². The fourth-order valence-corrected chi connectivity index (χ4v) is 18.2. The molecule has 7 aliphatic rings. The molecule has 24 heteroatoms. The molecule has 18 nitrogen and oxygen atoms in total. The van der Waals surface area contributed by atoms with Crippen LogP contribution >= 0.6 is 136 Å². The number of alkyl halides is 6. The van der Waals surface area contributed by atoms with Gasteiger partial charge in [-0.05, 0) is 246 Å². The lowest BCUT2D eigenvalue weighted by Gasteiger charge is -2.66. The molecule has 1 saturated carbocycles. The molecule has 0 radical (unpaired) electrons. The summed E-state index contributed by atoms with van der Waals surface area (Å²) >= 11 is 10.5. The number of hydrogen-bond acceptors (Lipinski definition) is 18. The second-order valence-corrected chi connectivity index (χ2v) is 26.7. The van der Waals surface area contributed by atoms with Gasteiger partial charge in [0.2, 0.25) is 0 Å². The van der Waals surface area contributed by atoms with E-state index in [1.54, 1.807) is 317 Å². The summed E-state index contributed by atoms with van der Waals surface area (Å²) in [5.41, 5.74) is 0.696. The first-order valence-corrected chi connectivity index (χ1v) is 28.3. The van der Waals surface area contributed by atoms with Crippen LogP contribution in [0.1, 0.15) is 0 Å². The maximum absolute atomic E-state index is 15.2. The maximum Gasteiger partial charge on any atom is 0.337 e. The number of carbonyl (C=O) groups excluding carboxylic acids is 6. The van der Waals surface area contributed by atoms with Crippen LogP contribution in [-0.2, 0) is 57.2 Å². The van der Waals surface area contributed by atoms with Crippen LogP contribution in [-0.4, -0.2) is 168 Å². The Kier molecular flexibility index (Phi) is 17.5. The second-order valence-electron chi connectivity index (χ2n) is 17.6. The maximum atomic E-state index is 15.2. The minimum atomic E-state index is -2.68. The lowest BCUT2D eigenvalue weighted by Crippen LogP contribution is -2.90. The highest BCUT2D eigenvalue weighted by atomic mass is 127. The molecular formula is C48H48I6N6O12. The first-order chi connectivity index (χ1) is 33.8. The molecule has 384 valence electrons. The van der Waals surface area contributed by atoms with Crippen LogP contribution in [0.25, 0.3) is 0 Å². The van der Waals surface area contributed by atoms with Gasteiger partial charge in [-0.3, -0.25) is 0 Å². The van der Waals surface area contributed by atoms with Crippen molar-refractivity contribution >= 4 is 171 Å². The molecule has 0 spiro atoms. The predicted molar refractivity (Wildman–Crippen MR) is 316 cm³/mol. The molecule has 0 atom stereocenters. The average molecular weight is 1660 g/mol. The third-order valence-corrected chi connectivity index (χ3v) is 28.4. The van der Waals surface area contributed by atoms with E-state index >= 15 is 28.8 Å². The fraction of sp³-hybridized carbons (Fsp3) is 0.375. The van der Waals surface area contributed by atoms with Gasteiger partial charge in [0.05, 0.1) is 33.4 Å². The minimum absolute atomic E-state index is 0.0478. The van der Waals surface area contributed by atoms with Crippen LogP contribution in [0.3, 0.4) is 0 Å². The quantitative estimate of drug-likeness (QED) is 0.0912. The summed E-state index contributed by atoms with van der Waals surface area (Å²) in [5, 5.41) is 0. The number of likely N-dealkylation sites (N-methyl/N-ethyl adjacent to an activating group) is 6. The highest BCUT2D eigenvalue weighted by Crippen LogP contribution is 2.77. The van der Waals surface area contributed by atoms with Crippen LogP contribution < -0.4 is 0 Å². The Morgan fingerprint density at radius 3 is 0.542 bits per heavy atom. The van der Waals surface area contributed by atoms with E-state index in [-0.39, 0.29) is 72.7 Å². The molecule has 1 aliphatic carbocycles. The number of carbonyl (C=O) groups is 6. The van der Waals surface area contributed by atoms with Gasteiger partial charge in [-0.2, -0.15) is 0 Å². The molecule has 0 aromatic rings. The topological polar surface area (TPSA) is 177 Å². The zero-order valence-corrected chi connectivity index (χ0v) is 52.4. The molecule has 0 unspecified atom stereocenters. The Labute approximate surface area is 498 Å². The highest BCUT2D eigenvalue weighted by Gasteiger charge is 2.97. The third kappa shape index (κ3) is 10.7. The van der Waals surface area contributed by atoms with E-state index in [0.717, 1.165) is 0 Å². The number of hydrogen-bond donors (Lipinski definition) is 0. The second kappa shape index (κ2) is 22.2. The van der Waals surface area contributed by atoms with Crippen molar-refractivity contribution < 1.29 is 57.2 Å². The van der Waals surface area contributed by atoms with E-state index < -0.39 is 57.5 Å². The summed E-state index contributed by atoms with van der Waals surface area (Å²) < 4.78 is 25.1. The lowest BCUT2D eigenvalue weighted by molar-refractivity contribution is -0.283. The van der Waals surface area contributed by atoms with Crippen molar-refractivity contribution in [2.45, 2.75) is 21.6 Å². The zero-order valence-electron chi connectivity index (χ0n) is 39.5. The molecule has 0 amide bonds. The summed E-state index contributed by atoms with van der Waals surface area (Å²) in [4.78, 5) is 102. The predicted octanol–water partition coefficient (Wildman–Crippen LogP) is 6.36. The standard InChI is InChI=1S/C48H48I6N6O12/c1-55-19-7-13-31(25-55)37(61)67-43(49)44(50,68-38(62)32-14-8-20-56(2)26-32)46(52,70-40(64)34-16-10-22-58(4)28-34)48(54,72-42(66)36-18-12-24-60(6)30-36)47(53,71-41(65)35-17-11-23-59(5)29-35)45(43,51)69-39(63)33-15-9-21-57(3)27-33/h7-24H,25-30H2,1-6H3. The van der Waals surface area contributed by atoms with Crippen molar-refractivity contribution in [2.75, 3.05) is 81.6 Å². The Morgan fingerprint density at radius 1 is 0.306 bits per heavy atom. The number of allylic oxidation sites excluding steroid dienone is 12. The van der Waals surface area contributed by atoms with Gasteiger partial charge in [0, 0.05) is 81.6 Å². The van der Waals surface area contributed by atoms with Gasteiger partial charge in [-0.1, -0.05) is 0 Å². The van der Waals surface area contributed by atoms with Gasteiger partial charge in [0.1, 0.15) is 0 Å². The van der Waals surface area contributed by atoms with Crippen LogP contribution in [0.15, 0.2) is 144 Å². The van der Waals surface area contributed by atoms with Crippen molar-refractivity contribution in [1.29, 1.82) is 0 Å². The number of esters is 6. The van der Waals surface area contributed by atoms with Crippen molar-refractivity contribution in [3.05, 3.63) is 144 Å². The molecular weight excluding hydrogens is 1610 g/mol. The molecule has 0 aromatic heterocycles. The zero-order chi connectivity index (χ0) is 52.6. The molecule has 1 fully saturated rings. The summed E-state index contributed by atoms with van der Waals surface area (Å²) in [5.74, 6) is -5.87. The van der Waals surface area contributed by atoms with Crippen molar-refractivity contribution in [3.8, 4) is 0 Å². The molecule has 0 N–H and O–H groups in total. The van der Waals surface area contributed by atoms with E-state index in [0.29, 0.717) is 0 Å². The molecule has 0 saturated heterocycles. The first kappa shape index (κ1) is 56.6. The van der Waals surface area contributed by atoms with Crippen LogP contribution in [0.5, 0.6) is 0 Å². The van der Waals surface area contributed by atoms with Crippen molar-refractivity contribution in [2.24, 2.45) is 0 Å². The number of halogens is 6. The van der Waals surface area contributed by atoms with Crippen molar-refractivity contribution in [3.63, 3.8) is 0 Å². The molecule has 6 aliphatic heterocycles. The highest BCUT2D eigenvalue weighted by molar-refractivity contribution is 14.1. The largest absolute Gasteiger partial charge is 0.434 e. The Hall–Kier alpha value is -3.12. The summed E-state index contributed by atoms with van der Waals surface area (Å²) in [6, 6.07) is 0. The SMILES string of the molecule is CN1C=CC=C(C(=O)OC2(I)C(I)(OC(=O)C3=CC=CN(C)C3)C(I)(OC(=O)C3=CC=CN(C)C3)C(I)(OC(=O)C3=CC=CN(C)C3)C(I)(OC(=O)C3=CC=CN(C)C3)C2(I)OC(=O)C2=CC=CN(C)C2)C1. The van der Waals surface area contributed by atoms with E-state index in [9.17, 15) is 0 Å². The van der Waals surface area contributed by atoms with Gasteiger partial charge in [-0.25, -0.2) is 28.8 Å². The number of rotatable bonds is 12. The van der Waals surface area contributed by atoms with E-state index in [2.05, 4.69) is 0 Å². The Morgan fingerprint density at radius 2 is 0.431 bits per heavy atom. The van der Waals surface area contributed by atoms with Gasteiger partial charge >= 0.3 is 35.8 Å². The summed E-state index contributed by atoms with van der Waals surface area (Å²) in [7, 11) is 10.5. The first-order valence-electron chi connectivity index (χ1n) is 21.8. The molecule has 0 bridgehead atoms. The molecule has 72 heavy (non-hydrogen) atoms. The smallest absolute Gasteiger partial charge is 0.337 e. The Balaban J connectivity index is 1.60. The Bertz CT molecular complexity index is 2230. The average Bonchev–Trinajstić information content (AvgIpc) is 3.33. The lowest BCUT2D eigenvalue weighted by atomic mass is 9.82. The molecule has 6 heterocycles. The summed E-state index contributed by atoms with van der Waals surface area (Å²) in [6.45, 7) is 0.287. The van der Waals surface area contributed by atoms with E-state index in [4.69, 9.17) is 28.4 Å². The third-order valence-electron chi connectivity index (χ3n) is 11.8. The molecule has 0 aromatic carbocycles. The molecule has 7 rings (SSSR count). The number of nitrogens with zero attached hydrogens (tertiary/aromatic N) is 6. The van der Waals surface area contributed by atoms with E-state index in [1.807, 2.05) is 0 Å². The van der Waals surface area contributed by atoms with Crippen LogP contribution in [0.2, 0.25) is 0 Å². The van der Waals surface area contributed by atoms with Gasteiger partial charge in [-0.15, -0.1) is 0 Å². The van der Waals surface area contributed by atoms with Gasteiger partial charge in [0.15, 0.2) is 0 Å².